The van der Waals surface area contributed by atoms with E-state index >= 15 is 0 Å². The molecule has 0 saturated carbocycles. The van der Waals surface area contributed by atoms with Crippen LogP contribution in [0.15, 0.2) is 24.3 Å². The molecular weight excluding hydrogens is 320 g/mol. The smallest absolute Gasteiger partial charge is 0.408 e. The zero-order valence-corrected chi connectivity index (χ0v) is 15.6. The zero-order chi connectivity index (χ0) is 18.9. The van der Waals surface area contributed by atoms with Gasteiger partial charge in [0.25, 0.3) is 0 Å². The summed E-state index contributed by atoms with van der Waals surface area (Å²) < 4.78 is 5.22. The molecular formula is C19H30N2O4. The summed E-state index contributed by atoms with van der Waals surface area (Å²) in [5.41, 5.74) is 1.52. The highest BCUT2D eigenvalue weighted by molar-refractivity contribution is 5.85. The Hall–Kier alpha value is -2.08. The van der Waals surface area contributed by atoms with E-state index in [1.807, 2.05) is 31.2 Å². The van der Waals surface area contributed by atoms with Crippen molar-refractivity contribution < 1.29 is 19.4 Å². The number of unbranched alkanes of at least 4 members (excludes halogenated alkanes) is 1. The summed E-state index contributed by atoms with van der Waals surface area (Å²) in [7, 11) is 0. The number of aliphatic hydroxyl groups is 1. The summed E-state index contributed by atoms with van der Waals surface area (Å²) in [6.07, 6.45) is 1.04. The average Bonchev–Trinajstić information content (AvgIpc) is 2.51. The monoisotopic (exact) mass is 350 g/mol. The minimum atomic E-state index is -0.688. The number of rotatable bonds is 8. The van der Waals surface area contributed by atoms with Crippen molar-refractivity contribution in [3.05, 3.63) is 35.4 Å². The maximum atomic E-state index is 12.4. The summed E-state index contributed by atoms with van der Waals surface area (Å²) in [4.78, 5) is 24.4. The first-order valence-corrected chi connectivity index (χ1v) is 8.65. The van der Waals surface area contributed by atoms with E-state index in [0.29, 0.717) is 25.8 Å². The topological polar surface area (TPSA) is 87.7 Å². The molecule has 6 nitrogen and oxygen atoms in total. The third kappa shape index (κ3) is 9.10. The van der Waals surface area contributed by atoms with Crippen LogP contribution in [-0.4, -0.2) is 35.4 Å². The summed E-state index contributed by atoms with van der Waals surface area (Å²) in [5.74, 6) is -0.260. The molecule has 1 unspecified atom stereocenters. The lowest BCUT2D eigenvalue weighted by molar-refractivity contribution is -0.123. The number of benzene rings is 1. The van der Waals surface area contributed by atoms with Gasteiger partial charge in [0.15, 0.2) is 0 Å². The van der Waals surface area contributed by atoms with E-state index in [2.05, 4.69) is 10.6 Å². The minimum absolute atomic E-state index is 0.0597. The lowest BCUT2D eigenvalue weighted by atomic mass is 10.1. The summed E-state index contributed by atoms with van der Waals surface area (Å²) in [6, 6.07) is 7.19. The van der Waals surface area contributed by atoms with Crippen molar-refractivity contribution in [3.63, 3.8) is 0 Å². The lowest BCUT2D eigenvalue weighted by Crippen LogP contribution is -2.48. The number of ether oxygens (including phenoxy) is 1. The molecule has 0 heterocycles. The van der Waals surface area contributed by atoms with Gasteiger partial charge < -0.3 is 20.5 Å². The SMILES string of the molecule is Cc1ccc(CNC(=O)C(CCCCO)NC(=O)OC(C)(C)C)cc1. The number of carbonyl (C=O) groups excluding carboxylic acids is 2. The van der Waals surface area contributed by atoms with Crippen molar-refractivity contribution in [1.82, 2.24) is 10.6 Å². The molecule has 140 valence electrons. The van der Waals surface area contributed by atoms with Crippen LogP contribution in [0.2, 0.25) is 0 Å². The number of hydrogen-bond acceptors (Lipinski definition) is 4. The maximum Gasteiger partial charge on any atom is 0.408 e. The van der Waals surface area contributed by atoms with Crippen LogP contribution >= 0.6 is 0 Å². The molecule has 0 aliphatic heterocycles. The zero-order valence-electron chi connectivity index (χ0n) is 15.6. The maximum absolute atomic E-state index is 12.4. The molecule has 1 aromatic rings. The van der Waals surface area contributed by atoms with Crippen molar-refractivity contribution in [2.45, 2.75) is 65.1 Å². The van der Waals surface area contributed by atoms with Gasteiger partial charge in [-0.2, -0.15) is 0 Å². The third-order valence-corrected chi connectivity index (χ3v) is 3.50. The number of aryl methyl sites for hydroxylation is 1. The molecule has 6 heteroatoms. The Morgan fingerprint density at radius 3 is 2.36 bits per heavy atom. The van der Waals surface area contributed by atoms with Gasteiger partial charge in [-0.3, -0.25) is 4.79 Å². The van der Waals surface area contributed by atoms with Crippen molar-refractivity contribution in [1.29, 1.82) is 0 Å². The third-order valence-electron chi connectivity index (χ3n) is 3.50. The highest BCUT2D eigenvalue weighted by Gasteiger charge is 2.23. The summed E-state index contributed by atoms with van der Waals surface area (Å²) >= 11 is 0. The van der Waals surface area contributed by atoms with E-state index in [-0.39, 0.29) is 12.5 Å². The fourth-order valence-corrected chi connectivity index (χ4v) is 2.20. The number of carbonyl (C=O) groups is 2. The van der Waals surface area contributed by atoms with Crippen molar-refractivity contribution in [2.75, 3.05) is 6.61 Å². The van der Waals surface area contributed by atoms with E-state index in [1.54, 1.807) is 20.8 Å². The molecule has 0 bridgehead atoms. The second kappa shape index (κ2) is 10.0. The molecule has 1 rings (SSSR count). The molecule has 3 N–H and O–H groups in total. The van der Waals surface area contributed by atoms with Crippen LogP contribution in [0.5, 0.6) is 0 Å². The van der Waals surface area contributed by atoms with Gasteiger partial charge in [0.05, 0.1) is 0 Å². The Morgan fingerprint density at radius 1 is 1.16 bits per heavy atom. The lowest BCUT2D eigenvalue weighted by Gasteiger charge is -2.23. The molecule has 2 amide bonds. The number of aliphatic hydroxyl groups excluding tert-OH is 1. The van der Waals surface area contributed by atoms with Gasteiger partial charge >= 0.3 is 6.09 Å². The number of alkyl carbamates (subject to hydrolysis) is 1. The normalized spacial score (nSPS) is 12.4. The number of nitrogens with one attached hydrogen (secondary N) is 2. The molecule has 0 aliphatic rings. The predicted molar refractivity (Wildman–Crippen MR) is 97.1 cm³/mol. The molecule has 0 saturated heterocycles. The van der Waals surface area contributed by atoms with E-state index in [9.17, 15) is 9.59 Å². The van der Waals surface area contributed by atoms with Crippen LogP contribution in [0.4, 0.5) is 4.79 Å². The van der Waals surface area contributed by atoms with Crippen molar-refractivity contribution in [3.8, 4) is 0 Å². The second-order valence-corrected chi connectivity index (χ2v) is 7.12. The molecule has 0 aliphatic carbocycles. The number of amides is 2. The summed E-state index contributed by atoms with van der Waals surface area (Å²) in [5, 5.41) is 14.4. The quantitative estimate of drug-likeness (QED) is 0.629. The van der Waals surface area contributed by atoms with Gasteiger partial charge in [0.2, 0.25) is 5.91 Å². The van der Waals surface area contributed by atoms with E-state index in [0.717, 1.165) is 11.1 Å². The standard InChI is InChI=1S/C19H30N2O4/c1-14-8-10-15(11-9-14)13-20-17(23)16(7-5-6-12-22)21-18(24)25-19(2,3)4/h8-11,16,22H,5-7,12-13H2,1-4H3,(H,20,23)(H,21,24). The average molecular weight is 350 g/mol. The van der Waals surface area contributed by atoms with Gasteiger partial charge in [0.1, 0.15) is 11.6 Å². The van der Waals surface area contributed by atoms with E-state index in [1.165, 1.54) is 0 Å². The highest BCUT2D eigenvalue weighted by atomic mass is 16.6. The van der Waals surface area contributed by atoms with Crippen LogP contribution in [0.25, 0.3) is 0 Å². The molecule has 1 atom stereocenters. The van der Waals surface area contributed by atoms with Gasteiger partial charge in [-0.1, -0.05) is 29.8 Å². The summed E-state index contributed by atoms with van der Waals surface area (Å²) in [6.45, 7) is 7.76. The fraction of sp³-hybridized carbons (Fsp3) is 0.579. The largest absolute Gasteiger partial charge is 0.444 e. The Bertz CT molecular complexity index is 550. The molecule has 0 fully saturated rings. The van der Waals surface area contributed by atoms with Crippen molar-refractivity contribution >= 4 is 12.0 Å². The highest BCUT2D eigenvalue weighted by Crippen LogP contribution is 2.09. The first-order chi connectivity index (χ1) is 11.7. The van der Waals surface area contributed by atoms with E-state index < -0.39 is 17.7 Å². The van der Waals surface area contributed by atoms with E-state index in [4.69, 9.17) is 9.84 Å². The molecule has 0 aromatic heterocycles. The van der Waals surface area contributed by atoms with Gasteiger partial charge in [-0.05, 0) is 52.5 Å². The minimum Gasteiger partial charge on any atom is -0.444 e. The van der Waals surface area contributed by atoms with Crippen LogP contribution in [0.1, 0.15) is 51.2 Å². The second-order valence-electron chi connectivity index (χ2n) is 7.12. The van der Waals surface area contributed by atoms with Gasteiger partial charge in [-0.15, -0.1) is 0 Å². The Kier molecular flexibility index (Phi) is 8.41. The van der Waals surface area contributed by atoms with Gasteiger partial charge in [0, 0.05) is 13.2 Å². The first-order valence-electron chi connectivity index (χ1n) is 8.65. The Balaban J connectivity index is 2.61. The van der Waals surface area contributed by atoms with Crippen LogP contribution in [0, 0.1) is 6.92 Å². The van der Waals surface area contributed by atoms with Crippen LogP contribution < -0.4 is 10.6 Å². The molecule has 0 spiro atoms. The van der Waals surface area contributed by atoms with Crippen LogP contribution in [0.3, 0.4) is 0 Å². The Labute approximate surface area is 150 Å². The van der Waals surface area contributed by atoms with Crippen LogP contribution in [-0.2, 0) is 16.1 Å². The number of hydrogen-bond donors (Lipinski definition) is 3. The molecule has 0 radical (unpaired) electrons. The molecule has 25 heavy (non-hydrogen) atoms. The van der Waals surface area contributed by atoms with Gasteiger partial charge in [-0.25, -0.2) is 4.79 Å². The first kappa shape index (κ1) is 21.0. The van der Waals surface area contributed by atoms with Crippen molar-refractivity contribution in [2.24, 2.45) is 0 Å². The predicted octanol–water partition coefficient (Wildman–Crippen LogP) is 2.67. The molecule has 1 aromatic carbocycles. The Morgan fingerprint density at radius 2 is 1.80 bits per heavy atom. The fourth-order valence-electron chi connectivity index (χ4n) is 2.20.